The lowest BCUT2D eigenvalue weighted by atomic mass is 10.1. The molecule has 21 heavy (non-hydrogen) atoms. The highest BCUT2D eigenvalue weighted by molar-refractivity contribution is 7.92. The molecule has 0 unspecified atom stereocenters. The quantitative estimate of drug-likeness (QED) is 0.909. The number of anilines is 1. The van der Waals surface area contributed by atoms with Crippen LogP contribution in [0, 0.1) is 12.7 Å². The lowest BCUT2D eigenvalue weighted by molar-refractivity contribution is 0.0698. The van der Waals surface area contributed by atoms with E-state index in [2.05, 4.69) is 4.72 Å². The Morgan fingerprint density at radius 3 is 2.52 bits per heavy atom. The molecule has 0 saturated carbocycles. The van der Waals surface area contributed by atoms with Crippen LogP contribution in [-0.2, 0) is 10.0 Å². The molecule has 2 rings (SSSR count). The zero-order valence-corrected chi connectivity index (χ0v) is 11.8. The zero-order chi connectivity index (χ0) is 15.6. The molecular formula is C14H12FNO4S. The van der Waals surface area contributed by atoms with Crippen molar-refractivity contribution in [3.05, 3.63) is 59.4 Å². The Labute approximate surface area is 121 Å². The number of hydrogen-bond acceptors (Lipinski definition) is 3. The average molecular weight is 309 g/mol. The second-order valence-electron chi connectivity index (χ2n) is 4.42. The van der Waals surface area contributed by atoms with Crippen LogP contribution < -0.4 is 4.72 Å². The summed E-state index contributed by atoms with van der Waals surface area (Å²) in [5.41, 5.74) is 0.438. The van der Waals surface area contributed by atoms with Gasteiger partial charge in [-0.05, 0) is 37.3 Å². The van der Waals surface area contributed by atoms with Gasteiger partial charge in [0.05, 0.1) is 16.1 Å². The molecule has 0 spiro atoms. The maximum absolute atomic E-state index is 13.1. The molecule has 110 valence electrons. The number of halogens is 1. The lowest BCUT2D eigenvalue weighted by Crippen LogP contribution is -2.15. The fourth-order valence-electron chi connectivity index (χ4n) is 1.76. The molecule has 0 aliphatic rings. The maximum Gasteiger partial charge on any atom is 0.337 e. The predicted octanol–water partition coefficient (Wildman–Crippen LogP) is 2.63. The summed E-state index contributed by atoms with van der Waals surface area (Å²) < 4.78 is 39.6. The summed E-state index contributed by atoms with van der Waals surface area (Å²) in [6.45, 7) is 1.69. The maximum atomic E-state index is 13.1. The van der Waals surface area contributed by atoms with Gasteiger partial charge in [-0.15, -0.1) is 0 Å². The van der Waals surface area contributed by atoms with Crippen molar-refractivity contribution in [3.63, 3.8) is 0 Å². The number of carbonyl (C=O) groups is 1. The highest BCUT2D eigenvalue weighted by Crippen LogP contribution is 2.22. The molecule has 0 radical (unpaired) electrons. The van der Waals surface area contributed by atoms with Crippen molar-refractivity contribution in [1.29, 1.82) is 0 Å². The molecule has 7 heteroatoms. The second kappa shape index (κ2) is 5.53. The standard InChI is InChI=1S/C14H12FNO4S/c1-9-5-6-13(12(7-9)14(17)18)16-21(19,20)11-4-2-3-10(15)8-11/h2-8,16H,1H3,(H,17,18). The van der Waals surface area contributed by atoms with E-state index in [-0.39, 0.29) is 16.1 Å². The topological polar surface area (TPSA) is 83.5 Å². The number of benzene rings is 2. The molecule has 0 fully saturated rings. The van der Waals surface area contributed by atoms with Crippen LogP contribution in [0.15, 0.2) is 47.4 Å². The van der Waals surface area contributed by atoms with Gasteiger partial charge < -0.3 is 5.11 Å². The van der Waals surface area contributed by atoms with Crippen molar-refractivity contribution >= 4 is 21.7 Å². The summed E-state index contributed by atoms with van der Waals surface area (Å²) in [7, 11) is -4.06. The lowest BCUT2D eigenvalue weighted by Gasteiger charge is -2.11. The minimum Gasteiger partial charge on any atom is -0.478 e. The third kappa shape index (κ3) is 3.38. The summed E-state index contributed by atoms with van der Waals surface area (Å²) in [6, 6.07) is 8.75. The molecule has 2 aromatic carbocycles. The van der Waals surface area contributed by atoms with Crippen molar-refractivity contribution in [2.75, 3.05) is 4.72 Å². The van der Waals surface area contributed by atoms with E-state index < -0.39 is 21.8 Å². The Morgan fingerprint density at radius 1 is 1.19 bits per heavy atom. The van der Waals surface area contributed by atoms with Crippen molar-refractivity contribution in [2.24, 2.45) is 0 Å². The van der Waals surface area contributed by atoms with Gasteiger partial charge in [0.25, 0.3) is 10.0 Å². The normalized spacial score (nSPS) is 11.1. The van der Waals surface area contributed by atoms with Crippen molar-refractivity contribution < 1.29 is 22.7 Å². The molecule has 0 aliphatic heterocycles. The van der Waals surface area contributed by atoms with Crippen LogP contribution in [0.2, 0.25) is 0 Å². The smallest absolute Gasteiger partial charge is 0.337 e. The van der Waals surface area contributed by atoms with E-state index in [0.717, 1.165) is 12.1 Å². The van der Waals surface area contributed by atoms with Gasteiger partial charge >= 0.3 is 5.97 Å². The SMILES string of the molecule is Cc1ccc(NS(=O)(=O)c2cccc(F)c2)c(C(=O)O)c1. The fourth-order valence-corrected chi connectivity index (χ4v) is 2.87. The highest BCUT2D eigenvalue weighted by atomic mass is 32.2. The third-order valence-corrected chi connectivity index (χ3v) is 4.12. The van der Waals surface area contributed by atoms with Crippen molar-refractivity contribution in [3.8, 4) is 0 Å². The van der Waals surface area contributed by atoms with Gasteiger partial charge in [0.1, 0.15) is 5.82 Å². The molecule has 0 bridgehead atoms. The van der Waals surface area contributed by atoms with E-state index in [1.54, 1.807) is 13.0 Å². The van der Waals surface area contributed by atoms with Crippen LogP contribution >= 0.6 is 0 Å². The number of sulfonamides is 1. The first kappa shape index (κ1) is 15.0. The number of aromatic carboxylic acids is 1. The molecular weight excluding hydrogens is 297 g/mol. The van der Waals surface area contributed by atoms with E-state index in [1.165, 1.54) is 24.3 Å². The first-order valence-electron chi connectivity index (χ1n) is 5.92. The van der Waals surface area contributed by atoms with E-state index in [0.29, 0.717) is 5.56 Å². The number of aryl methyl sites for hydroxylation is 1. The highest BCUT2D eigenvalue weighted by Gasteiger charge is 2.19. The Kier molecular flexibility index (Phi) is 3.95. The third-order valence-electron chi connectivity index (χ3n) is 2.76. The number of nitrogens with one attached hydrogen (secondary N) is 1. The minimum atomic E-state index is -4.06. The minimum absolute atomic E-state index is 0.0719. The van der Waals surface area contributed by atoms with Gasteiger partial charge in [0.2, 0.25) is 0 Å². The predicted molar refractivity (Wildman–Crippen MR) is 75.3 cm³/mol. The van der Waals surface area contributed by atoms with Crippen molar-refractivity contribution in [1.82, 2.24) is 0 Å². The summed E-state index contributed by atoms with van der Waals surface area (Å²) in [5.74, 6) is -1.95. The van der Waals surface area contributed by atoms with Crippen LogP contribution in [0.25, 0.3) is 0 Å². The number of carboxylic acids is 1. The summed E-state index contributed by atoms with van der Waals surface area (Å²) in [6.07, 6.45) is 0. The Morgan fingerprint density at radius 2 is 1.90 bits per heavy atom. The van der Waals surface area contributed by atoms with Crippen LogP contribution in [0.4, 0.5) is 10.1 Å². The Bertz CT molecular complexity index is 802. The Balaban J connectivity index is 2.44. The zero-order valence-electron chi connectivity index (χ0n) is 11.0. The molecule has 0 aromatic heterocycles. The van der Waals surface area contributed by atoms with Crippen LogP contribution in [0.1, 0.15) is 15.9 Å². The average Bonchev–Trinajstić information content (AvgIpc) is 2.40. The van der Waals surface area contributed by atoms with Crippen molar-refractivity contribution in [2.45, 2.75) is 11.8 Å². The molecule has 2 aromatic rings. The van der Waals surface area contributed by atoms with E-state index >= 15 is 0 Å². The molecule has 0 heterocycles. The molecule has 0 atom stereocenters. The molecule has 2 N–H and O–H groups in total. The van der Waals surface area contributed by atoms with Gasteiger partial charge in [-0.1, -0.05) is 17.7 Å². The summed E-state index contributed by atoms with van der Waals surface area (Å²) >= 11 is 0. The first-order chi connectivity index (χ1) is 9.79. The monoisotopic (exact) mass is 309 g/mol. The molecule has 0 aliphatic carbocycles. The van der Waals surface area contributed by atoms with Crippen LogP contribution in [0.5, 0.6) is 0 Å². The number of carboxylic acid groups (broad SMARTS) is 1. The van der Waals surface area contributed by atoms with Gasteiger partial charge in [-0.25, -0.2) is 17.6 Å². The largest absolute Gasteiger partial charge is 0.478 e. The van der Waals surface area contributed by atoms with Gasteiger partial charge in [0.15, 0.2) is 0 Å². The van der Waals surface area contributed by atoms with Gasteiger partial charge in [-0.2, -0.15) is 0 Å². The second-order valence-corrected chi connectivity index (χ2v) is 6.10. The number of hydrogen-bond donors (Lipinski definition) is 2. The first-order valence-corrected chi connectivity index (χ1v) is 7.40. The van der Waals surface area contributed by atoms with Gasteiger partial charge in [0, 0.05) is 0 Å². The summed E-state index contributed by atoms with van der Waals surface area (Å²) in [4.78, 5) is 10.9. The van der Waals surface area contributed by atoms with Gasteiger partial charge in [-0.3, -0.25) is 4.72 Å². The molecule has 0 saturated heterocycles. The fraction of sp³-hybridized carbons (Fsp3) is 0.0714. The Hall–Kier alpha value is -2.41. The van der Waals surface area contributed by atoms with E-state index in [9.17, 15) is 17.6 Å². The summed E-state index contributed by atoms with van der Waals surface area (Å²) in [5, 5.41) is 9.11. The molecule has 5 nitrogen and oxygen atoms in total. The van der Waals surface area contributed by atoms with Crippen LogP contribution in [0.3, 0.4) is 0 Å². The number of rotatable bonds is 4. The molecule has 0 amide bonds. The van der Waals surface area contributed by atoms with E-state index in [4.69, 9.17) is 5.11 Å². The van der Waals surface area contributed by atoms with E-state index in [1.807, 2.05) is 0 Å². The van der Waals surface area contributed by atoms with Crippen LogP contribution in [-0.4, -0.2) is 19.5 Å².